The second-order valence-electron chi connectivity index (χ2n) is 4.03. The number of rotatable bonds is 1. The fraction of sp³-hybridized carbons (Fsp3) is 0. The van der Waals surface area contributed by atoms with Crippen molar-refractivity contribution in [3.05, 3.63) is 48.9 Å². The van der Waals surface area contributed by atoms with Gasteiger partial charge < -0.3 is 5.73 Å². The lowest BCUT2D eigenvalue weighted by Crippen LogP contribution is -2.01. The number of halogens is 3. The number of hydrogen-bond donors (Lipinski definition) is 1. The van der Waals surface area contributed by atoms with Crippen molar-refractivity contribution in [2.45, 2.75) is 0 Å². The topological polar surface area (TPSA) is 43.8 Å². The number of imidazole rings is 1. The Bertz CT molecular complexity index is 783. The minimum atomic E-state index is 0.486. The Labute approximate surface area is 140 Å². The van der Waals surface area contributed by atoms with Crippen molar-refractivity contribution in [3.8, 4) is 5.69 Å². The van der Waals surface area contributed by atoms with Crippen molar-refractivity contribution in [3.63, 3.8) is 0 Å². The molecule has 0 saturated heterocycles. The molecule has 19 heavy (non-hydrogen) atoms. The number of nitrogens with two attached hydrogens (primary N) is 1. The van der Waals surface area contributed by atoms with Crippen LogP contribution in [0.25, 0.3) is 16.7 Å². The van der Waals surface area contributed by atoms with Crippen LogP contribution < -0.4 is 5.73 Å². The van der Waals surface area contributed by atoms with Gasteiger partial charge in [0.2, 0.25) is 5.95 Å². The van der Waals surface area contributed by atoms with Gasteiger partial charge >= 0.3 is 0 Å². The van der Waals surface area contributed by atoms with Gasteiger partial charge in [-0.25, -0.2) is 4.98 Å². The smallest absolute Gasteiger partial charge is 0.205 e. The van der Waals surface area contributed by atoms with Crippen LogP contribution in [0.15, 0.2) is 45.3 Å². The largest absolute Gasteiger partial charge is 0.369 e. The highest BCUT2D eigenvalue weighted by Crippen LogP contribution is 2.30. The third-order valence-electron chi connectivity index (χ3n) is 2.79. The standard InChI is InChI=1S/C13H8Br2IN3/c14-7-1-3-11(9(15)5-7)19-12-4-2-8(16)6-10(12)18-13(19)17/h1-6H,(H2,17,18). The molecule has 0 aliphatic rings. The van der Waals surface area contributed by atoms with Gasteiger partial charge in [-0.05, 0) is 74.9 Å². The summed E-state index contributed by atoms with van der Waals surface area (Å²) in [6, 6.07) is 12.1. The SMILES string of the molecule is Nc1nc2cc(I)ccc2n1-c1ccc(Br)cc1Br. The first-order chi connectivity index (χ1) is 9.06. The summed E-state index contributed by atoms with van der Waals surface area (Å²) in [5.41, 5.74) is 8.94. The summed E-state index contributed by atoms with van der Waals surface area (Å²) in [4.78, 5) is 4.42. The molecule has 0 aliphatic heterocycles. The zero-order valence-corrected chi connectivity index (χ0v) is 14.9. The normalized spacial score (nSPS) is 11.1. The van der Waals surface area contributed by atoms with Crippen LogP contribution in [0.4, 0.5) is 5.95 Å². The van der Waals surface area contributed by atoms with Gasteiger partial charge in [0.15, 0.2) is 0 Å². The highest BCUT2D eigenvalue weighted by Gasteiger charge is 2.12. The molecule has 3 aromatic rings. The van der Waals surface area contributed by atoms with E-state index in [9.17, 15) is 0 Å². The van der Waals surface area contributed by atoms with Crippen LogP contribution in [-0.2, 0) is 0 Å². The summed E-state index contributed by atoms with van der Waals surface area (Å²) in [5, 5.41) is 0. The molecule has 1 heterocycles. The van der Waals surface area contributed by atoms with Crippen molar-refractivity contribution in [2.24, 2.45) is 0 Å². The number of benzene rings is 2. The predicted molar refractivity (Wildman–Crippen MR) is 93.6 cm³/mol. The van der Waals surface area contributed by atoms with Gasteiger partial charge in [-0.3, -0.25) is 4.57 Å². The fourth-order valence-corrected chi connectivity index (χ4v) is 3.69. The van der Waals surface area contributed by atoms with Crippen molar-refractivity contribution in [2.75, 3.05) is 5.73 Å². The van der Waals surface area contributed by atoms with Crippen molar-refractivity contribution < 1.29 is 0 Å². The number of fused-ring (bicyclic) bond motifs is 1. The molecule has 0 aliphatic carbocycles. The summed E-state index contributed by atoms with van der Waals surface area (Å²) in [6.07, 6.45) is 0. The van der Waals surface area contributed by atoms with Gasteiger partial charge in [0.05, 0.1) is 16.7 Å². The second-order valence-corrected chi connectivity index (χ2v) is 7.05. The molecule has 0 spiro atoms. The van der Waals surface area contributed by atoms with E-state index in [0.29, 0.717) is 5.95 Å². The maximum atomic E-state index is 6.06. The highest BCUT2D eigenvalue weighted by atomic mass is 127. The van der Waals surface area contributed by atoms with E-state index in [-0.39, 0.29) is 0 Å². The van der Waals surface area contributed by atoms with E-state index in [4.69, 9.17) is 5.73 Å². The van der Waals surface area contributed by atoms with Gasteiger partial charge in [-0.1, -0.05) is 15.9 Å². The zero-order valence-electron chi connectivity index (χ0n) is 9.57. The van der Waals surface area contributed by atoms with Gasteiger partial charge in [0.1, 0.15) is 0 Å². The molecule has 6 heteroatoms. The summed E-state index contributed by atoms with van der Waals surface area (Å²) >= 11 is 9.29. The molecule has 96 valence electrons. The molecular weight excluding hydrogens is 485 g/mol. The summed E-state index contributed by atoms with van der Waals surface area (Å²) < 4.78 is 5.07. The van der Waals surface area contributed by atoms with Crippen LogP contribution in [0.1, 0.15) is 0 Å². The molecule has 2 aromatic carbocycles. The molecule has 0 fully saturated rings. The Morgan fingerprint density at radius 2 is 1.89 bits per heavy atom. The van der Waals surface area contributed by atoms with Gasteiger partial charge in [0.25, 0.3) is 0 Å². The highest BCUT2D eigenvalue weighted by molar-refractivity contribution is 14.1. The van der Waals surface area contributed by atoms with Crippen LogP contribution in [-0.4, -0.2) is 9.55 Å². The van der Waals surface area contributed by atoms with Crippen LogP contribution in [0.5, 0.6) is 0 Å². The number of nitrogens with zero attached hydrogens (tertiary/aromatic N) is 2. The molecule has 0 saturated carbocycles. The predicted octanol–water partition coefficient (Wildman–Crippen LogP) is 4.74. The molecule has 0 unspecified atom stereocenters. The Balaban J connectivity index is 2.33. The lowest BCUT2D eigenvalue weighted by Gasteiger charge is -2.09. The van der Waals surface area contributed by atoms with Gasteiger partial charge in [-0.2, -0.15) is 0 Å². The fourth-order valence-electron chi connectivity index (χ4n) is 1.99. The quantitative estimate of drug-likeness (QED) is 0.499. The second kappa shape index (κ2) is 5.06. The maximum Gasteiger partial charge on any atom is 0.205 e. The molecular formula is C13H8Br2IN3. The molecule has 2 N–H and O–H groups in total. The first-order valence-corrected chi connectivity index (χ1v) is 8.11. The molecule has 0 radical (unpaired) electrons. The van der Waals surface area contributed by atoms with E-state index in [1.807, 2.05) is 41.0 Å². The summed E-state index contributed by atoms with van der Waals surface area (Å²) in [7, 11) is 0. The van der Waals surface area contributed by atoms with E-state index >= 15 is 0 Å². The Morgan fingerprint density at radius 1 is 1.11 bits per heavy atom. The molecule has 3 nitrogen and oxygen atoms in total. The first-order valence-electron chi connectivity index (χ1n) is 5.45. The van der Waals surface area contributed by atoms with Crippen LogP contribution in [0, 0.1) is 3.57 Å². The van der Waals surface area contributed by atoms with Crippen LogP contribution >= 0.6 is 54.5 Å². The summed E-state index contributed by atoms with van der Waals surface area (Å²) in [5.74, 6) is 0.486. The van der Waals surface area contributed by atoms with Crippen molar-refractivity contribution in [1.29, 1.82) is 0 Å². The monoisotopic (exact) mass is 491 g/mol. The molecule has 0 bridgehead atoms. The average Bonchev–Trinajstić information content (AvgIpc) is 2.65. The van der Waals surface area contributed by atoms with E-state index in [1.165, 1.54) is 0 Å². The number of nitrogen functional groups attached to an aromatic ring is 1. The number of hydrogen-bond acceptors (Lipinski definition) is 2. The zero-order chi connectivity index (χ0) is 13.6. The van der Waals surface area contributed by atoms with E-state index in [1.54, 1.807) is 0 Å². The summed E-state index contributed by atoms with van der Waals surface area (Å²) in [6.45, 7) is 0. The van der Waals surface area contributed by atoms with Crippen molar-refractivity contribution in [1.82, 2.24) is 9.55 Å². The van der Waals surface area contributed by atoms with Crippen LogP contribution in [0.2, 0.25) is 0 Å². The minimum absolute atomic E-state index is 0.486. The molecule has 0 atom stereocenters. The third-order valence-corrected chi connectivity index (χ3v) is 4.59. The average molecular weight is 493 g/mol. The Kier molecular flexibility index (Phi) is 3.57. The molecule has 1 aromatic heterocycles. The van der Waals surface area contributed by atoms with Gasteiger partial charge in [-0.15, -0.1) is 0 Å². The number of aromatic nitrogens is 2. The first kappa shape index (κ1) is 13.4. The van der Waals surface area contributed by atoms with Crippen LogP contribution in [0.3, 0.4) is 0 Å². The maximum absolute atomic E-state index is 6.06. The lowest BCUT2D eigenvalue weighted by molar-refractivity contribution is 1.10. The Hall–Kier alpha value is -0.600. The van der Waals surface area contributed by atoms with Gasteiger partial charge in [0, 0.05) is 12.5 Å². The van der Waals surface area contributed by atoms with Crippen molar-refractivity contribution >= 4 is 71.4 Å². The third kappa shape index (κ3) is 2.41. The lowest BCUT2D eigenvalue weighted by atomic mass is 10.3. The van der Waals surface area contributed by atoms with E-state index < -0.39 is 0 Å². The van der Waals surface area contributed by atoms with E-state index in [0.717, 1.165) is 29.2 Å². The molecule has 0 amide bonds. The molecule has 3 rings (SSSR count). The Morgan fingerprint density at radius 3 is 2.63 bits per heavy atom. The minimum Gasteiger partial charge on any atom is -0.369 e. The number of anilines is 1. The van der Waals surface area contributed by atoms with E-state index in [2.05, 4.69) is 59.4 Å².